The van der Waals surface area contributed by atoms with Crippen LogP contribution in [0, 0.1) is 6.92 Å². The lowest BCUT2D eigenvalue weighted by atomic mass is 10.0. The van der Waals surface area contributed by atoms with Gasteiger partial charge in [-0.25, -0.2) is 4.63 Å². The Hall–Kier alpha value is -2.37. The third-order valence-electron chi connectivity index (χ3n) is 4.14. The van der Waals surface area contributed by atoms with Crippen LogP contribution in [0.4, 0.5) is 0 Å². The lowest BCUT2D eigenvalue weighted by molar-refractivity contribution is -0.131. The van der Waals surface area contributed by atoms with Crippen molar-refractivity contribution < 1.29 is 14.2 Å². The van der Waals surface area contributed by atoms with Gasteiger partial charge in [-0.05, 0) is 25.8 Å². The van der Waals surface area contributed by atoms with Crippen molar-refractivity contribution >= 4 is 5.91 Å². The standard InChI is InChI=1S/C16H19N3O3/c1-11-13(18-22-17-11)10-16(20)19-9-5-7-14(19)12-6-3-4-8-15(12)21-2/h3-4,6,8,14H,5,7,9-10H2,1-2H3/t14-/m0/s1. The molecule has 2 heterocycles. The maximum absolute atomic E-state index is 12.6. The van der Waals surface area contributed by atoms with Crippen LogP contribution in [0.15, 0.2) is 28.9 Å². The number of aryl methyl sites for hydroxylation is 1. The fourth-order valence-electron chi connectivity index (χ4n) is 2.98. The van der Waals surface area contributed by atoms with Crippen molar-refractivity contribution in [3.05, 3.63) is 41.2 Å². The third kappa shape index (κ3) is 2.68. The number of aromatic nitrogens is 2. The van der Waals surface area contributed by atoms with Gasteiger partial charge in [0.2, 0.25) is 5.91 Å². The maximum Gasteiger partial charge on any atom is 0.229 e. The van der Waals surface area contributed by atoms with Crippen molar-refractivity contribution in [3.8, 4) is 5.75 Å². The number of carbonyl (C=O) groups excluding carboxylic acids is 1. The minimum Gasteiger partial charge on any atom is -0.496 e. The lowest BCUT2D eigenvalue weighted by Gasteiger charge is -2.26. The minimum absolute atomic E-state index is 0.0483. The first kappa shape index (κ1) is 14.6. The summed E-state index contributed by atoms with van der Waals surface area (Å²) >= 11 is 0. The van der Waals surface area contributed by atoms with Crippen LogP contribution in [0.25, 0.3) is 0 Å². The Morgan fingerprint density at radius 1 is 1.41 bits per heavy atom. The number of methoxy groups -OCH3 is 1. The van der Waals surface area contributed by atoms with Crippen molar-refractivity contribution in [2.75, 3.05) is 13.7 Å². The highest BCUT2D eigenvalue weighted by Gasteiger charge is 2.32. The summed E-state index contributed by atoms with van der Waals surface area (Å²) in [6.45, 7) is 2.55. The highest BCUT2D eigenvalue weighted by atomic mass is 16.6. The Bertz CT molecular complexity index is 668. The Kier molecular flexibility index (Phi) is 4.09. The smallest absolute Gasteiger partial charge is 0.229 e. The Morgan fingerprint density at radius 3 is 2.95 bits per heavy atom. The molecule has 1 saturated heterocycles. The summed E-state index contributed by atoms with van der Waals surface area (Å²) in [6.07, 6.45) is 2.16. The number of ether oxygens (including phenoxy) is 1. The topological polar surface area (TPSA) is 68.5 Å². The zero-order valence-corrected chi connectivity index (χ0v) is 12.8. The molecule has 1 aliphatic rings. The van der Waals surface area contributed by atoms with Crippen molar-refractivity contribution in [1.82, 2.24) is 15.2 Å². The van der Waals surface area contributed by atoms with Gasteiger partial charge in [-0.2, -0.15) is 0 Å². The predicted octanol–water partition coefficient (Wildman–Crippen LogP) is 2.29. The molecule has 0 aliphatic carbocycles. The van der Waals surface area contributed by atoms with E-state index in [1.807, 2.05) is 29.2 Å². The molecule has 1 fully saturated rings. The van der Waals surface area contributed by atoms with Crippen LogP contribution in [0.5, 0.6) is 5.75 Å². The van der Waals surface area contributed by atoms with Gasteiger partial charge in [0.25, 0.3) is 0 Å². The monoisotopic (exact) mass is 301 g/mol. The van der Waals surface area contributed by atoms with Crippen LogP contribution >= 0.6 is 0 Å². The van der Waals surface area contributed by atoms with Gasteiger partial charge in [0.05, 0.1) is 19.6 Å². The van der Waals surface area contributed by atoms with E-state index in [4.69, 9.17) is 4.74 Å². The molecule has 0 saturated carbocycles. The van der Waals surface area contributed by atoms with E-state index >= 15 is 0 Å². The van der Waals surface area contributed by atoms with Crippen molar-refractivity contribution in [1.29, 1.82) is 0 Å². The summed E-state index contributed by atoms with van der Waals surface area (Å²) in [7, 11) is 1.66. The van der Waals surface area contributed by atoms with E-state index in [2.05, 4.69) is 14.9 Å². The molecule has 116 valence electrons. The highest BCUT2D eigenvalue weighted by molar-refractivity contribution is 5.79. The second-order valence-corrected chi connectivity index (χ2v) is 5.46. The van der Waals surface area contributed by atoms with E-state index in [0.29, 0.717) is 11.4 Å². The number of hydrogen-bond acceptors (Lipinski definition) is 5. The van der Waals surface area contributed by atoms with Crippen LogP contribution in [-0.4, -0.2) is 34.8 Å². The van der Waals surface area contributed by atoms with Gasteiger partial charge < -0.3 is 9.64 Å². The lowest BCUT2D eigenvalue weighted by Crippen LogP contribution is -2.32. The van der Waals surface area contributed by atoms with Crippen molar-refractivity contribution in [2.45, 2.75) is 32.2 Å². The molecule has 1 aromatic carbocycles. The number of rotatable bonds is 4. The number of nitrogens with zero attached hydrogens (tertiary/aromatic N) is 3. The van der Waals surface area contributed by atoms with Gasteiger partial charge in [-0.15, -0.1) is 0 Å². The summed E-state index contributed by atoms with van der Waals surface area (Å²) < 4.78 is 10.1. The van der Waals surface area contributed by atoms with Crippen LogP contribution in [-0.2, 0) is 11.2 Å². The largest absolute Gasteiger partial charge is 0.496 e. The second kappa shape index (κ2) is 6.17. The normalized spacial score (nSPS) is 17.7. The Labute approximate surface area is 129 Å². The van der Waals surface area contributed by atoms with Gasteiger partial charge in [0.1, 0.15) is 17.1 Å². The summed E-state index contributed by atoms with van der Waals surface area (Å²) in [4.78, 5) is 14.5. The van der Waals surface area contributed by atoms with Gasteiger partial charge in [0, 0.05) is 12.1 Å². The summed E-state index contributed by atoms with van der Waals surface area (Å²) in [6, 6.07) is 7.93. The van der Waals surface area contributed by atoms with Gasteiger partial charge in [-0.3, -0.25) is 4.79 Å². The number of likely N-dealkylation sites (tertiary alicyclic amines) is 1. The van der Waals surface area contributed by atoms with E-state index in [9.17, 15) is 4.79 Å². The maximum atomic E-state index is 12.6. The van der Waals surface area contributed by atoms with Crippen molar-refractivity contribution in [2.24, 2.45) is 0 Å². The summed E-state index contributed by atoms with van der Waals surface area (Å²) in [5.41, 5.74) is 2.34. The molecular formula is C16H19N3O3. The number of carbonyl (C=O) groups is 1. The first-order chi connectivity index (χ1) is 10.7. The van der Waals surface area contributed by atoms with E-state index in [1.165, 1.54) is 0 Å². The predicted molar refractivity (Wildman–Crippen MR) is 79.4 cm³/mol. The number of amides is 1. The van der Waals surface area contributed by atoms with Crippen LogP contribution in [0.1, 0.15) is 35.8 Å². The van der Waals surface area contributed by atoms with Gasteiger partial charge in [0.15, 0.2) is 0 Å². The molecule has 0 spiro atoms. The zero-order chi connectivity index (χ0) is 15.5. The summed E-state index contributed by atoms with van der Waals surface area (Å²) in [5, 5.41) is 7.52. The molecular weight excluding hydrogens is 282 g/mol. The van der Waals surface area contributed by atoms with E-state index < -0.39 is 0 Å². The molecule has 0 N–H and O–H groups in total. The number of hydrogen-bond donors (Lipinski definition) is 0. The average Bonchev–Trinajstić information content (AvgIpc) is 3.17. The average molecular weight is 301 g/mol. The molecule has 0 unspecified atom stereocenters. The Morgan fingerprint density at radius 2 is 2.23 bits per heavy atom. The first-order valence-electron chi connectivity index (χ1n) is 7.41. The molecule has 1 aromatic heterocycles. The van der Waals surface area contributed by atoms with Crippen molar-refractivity contribution in [3.63, 3.8) is 0 Å². The van der Waals surface area contributed by atoms with E-state index in [-0.39, 0.29) is 18.4 Å². The van der Waals surface area contributed by atoms with Crippen LogP contribution in [0.2, 0.25) is 0 Å². The molecule has 6 heteroatoms. The molecule has 1 aliphatic heterocycles. The first-order valence-corrected chi connectivity index (χ1v) is 7.41. The second-order valence-electron chi connectivity index (χ2n) is 5.46. The minimum atomic E-state index is 0.0483. The number of benzene rings is 1. The quantitative estimate of drug-likeness (QED) is 0.866. The van der Waals surface area contributed by atoms with Gasteiger partial charge in [-0.1, -0.05) is 28.5 Å². The zero-order valence-electron chi connectivity index (χ0n) is 12.8. The molecule has 0 radical (unpaired) electrons. The Balaban J connectivity index is 1.81. The molecule has 6 nitrogen and oxygen atoms in total. The molecule has 1 atom stereocenters. The third-order valence-corrected chi connectivity index (χ3v) is 4.14. The number of para-hydroxylation sites is 1. The van der Waals surface area contributed by atoms with Gasteiger partial charge >= 0.3 is 0 Å². The highest BCUT2D eigenvalue weighted by Crippen LogP contribution is 2.37. The molecule has 22 heavy (non-hydrogen) atoms. The van der Waals surface area contributed by atoms with E-state index in [1.54, 1.807) is 14.0 Å². The van der Waals surface area contributed by atoms with Crippen LogP contribution in [0.3, 0.4) is 0 Å². The summed E-state index contributed by atoms with van der Waals surface area (Å²) in [5.74, 6) is 0.874. The molecule has 3 rings (SSSR count). The fourth-order valence-corrected chi connectivity index (χ4v) is 2.98. The van der Waals surface area contributed by atoms with Crippen LogP contribution < -0.4 is 4.74 Å². The van der Waals surface area contributed by atoms with E-state index in [0.717, 1.165) is 30.7 Å². The molecule has 2 aromatic rings. The molecule has 1 amide bonds. The SMILES string of the molecule is COc1ccccc1[C@@H]1CCCN1C(=O)Cc1nonc1C. The molecule has 0 bridgehead atoms. The fraction of sp³-hybridized carbons (Fsp3) is 0.438.